The van der Waals surface area contributed by atoms with Crippen molar-refractivity contribution in [3.63, 3.8) is 0 Å². The van der Waals surface area contributed by atoms with Gasteiger partial charge in [0.25, 0.3) is 5.91 Å². The van der Waals surface area contributed by atoms with E-state index in [-0.39, 0.29) is 17.8 Å². The van der Waals surface area contributed by atoms with Gasteiger partial charge in [-0.25, -0.2) is 4.79 Å². The molecule has 2 heterocycles. The van der Waals surface area contributed by atoms with Crippen molar-refractivity contribution in [2.75, 3.05) is 50.4 Å². The van der Waals surface area contributed by atoms with Crippen LogP contribution in [0.25, 0.3) is 0 Å². The molecule has 0 aromatic heterocycles. The molecule has 3 amide bonds. The lowest BCUT2D eigenvalue weighted by atomic mass is 10.0. The molecule has 2 aliphatic heterocycles. The van der Waals surface area contributed by atoms with Crippen LogP contribution in [-0.4, -0.2) is 61.1 Å². The molecule has 10 nitrogen and oxygen atoms in total. The molecule has 1 aliphatic carbocycles. The van der Waals surface area contributed by atoms with Gasteiger partial charge in [-0.3, -0.25) is 15.0 Å². The number of para-hydroxylation sites is 2. The number of nitrogens with zero attached hydrogens (tertiary/aromatic N) is 2. The van der Waals surface area contributed by atoms with E-state index in [1.165, 1.54) is 6.26 Å². The lowest BCUT2D eigenvalue weighted by molar-refractivity contribution is 0.0346. The zero-order valence-electron chi connectivity index (χ0n) is 22.9. The molecule has 2 aromatic carbocycles. The van der Waals surface area contributed by atoms with Crippen LogP contribution in [0, 0.1) is 0 Å². The van der Waals surface area contributed by atoms with E-state index in [1.54, 1.807) is 35.4 Å². The summed E-state index contributed by atoms with van der Waals surface area (Å²) in [5.41, 5.74) is 9.39. The van der Waals surface area contributed by atoms with Gasteiger partial charge in [0, 0.05) is 38.3 Å². The number of benzene rings is 2. The minimum absolute atomic E-state index is 0.228. The summed E-state index contributed by atoms with van der Waals surface area (Å²) in [5.74, 6) is 0.551. The topological polar surface area (TPSA) is 118 Å². The van der Waals surface area contributed by atoms with Gasteiger partial charge in [-0.1, -0.05) is 42.5 Å². The quantitative estimate of drug-likeness (QED) is 0.393. The van der Waals surface area contributed by atoms with E-state index in [2.05, 4.69) is 21.6 Å². The maximum atomic E-state index is 13.5. The molecule has 0 bridgehead atoms. The Balaban J connectivity index is 1.23. The first kappa shape index (κ1) is 28.0. The monoisotopic (exact) mass is 557 g/mol. The molecular weight excluding hydrogens is 522 g/mol. The summed E-state index contributed by atoms with van der Waals surface area (Å²) in [5, 5.41) is 5.69. The van der Waals surface area contributed by atoms with Gasteiger partial charge in [0.2, 0.25) is 5.88 Å². The molecule has 1 saturated heterocycles. The van der Waals surface area contributed by atoms with E-state index in [9.17, 15) is 9.59 Å². The van der Waals surface area contributed by atoms with Crippen LogP contribution < -0.4 is 16.4 Å². The first-order valence-corrected chi connectivity index (χ1v) is 13.8. The van der Waals surface area contributed by atoms with Gasteiger partial charge in [-0.05, 0) is 48.2 Å². The minimum Gasteiger partial charge on any atom is -0.463 e. The molecule has 3 aliphatic rings. The Hall–Kier alpha value is -4.54. The summed E-state index contributed by atoms with van der Waals surface area (Å²) in [4.78, 5) is 30.2. The number of anilines is 2. The minimum atomic E-state index is -0.312. The van der Waals surface area contributed by atoms with E-state index in [4.69, 9.17) is 19.9 Å². The van der Waals surface area contributed by atoms with Crippen LogP contribution in [0.2, 0.25) is 0 Å². The molecule has 0 unspecified atom stereocenters. The standard InChI is InChI=1S/C31H35N5O5/c32-26-8-4-5-9-27(26)33-30(37)25-12-10-23(11-13-25)20-36(15-14-35-16-18-39-19-17-35)31(38)34-29-22-40-21-28(41-29)24-6-2-1-3-7-24/h1-2,4-6,8-13,21-22H,3,7,14-20,32H2,(H,33,37)(H,34,38). The predicted molar refractivity (Wildman–Crippen MR) is 156 cm³/mol. The highest BCUT2D eigenvalue weighted by atomic mass is 16.6. The van der Waals surface area contributed by atoms with Crippen molar-refractivity contribution in [2.45, 2.75) is 19.4 Å². The lowest BCUT2D eigenvalue weighted by Crippen LogP contribution is -2.46. The van der Waals surface area contributed by atoms with Crippen LogP contribution >= 0.6 is 0 Å². The van der Waals surface area contributed by atoms with Crippen LogP contribution in [0.3, 0.4) is 0 Å². The van der Waals surface area contributed by atoms with E-state index in [0.717, 1.165) is 37.1 Å². The van der Waals surface area contributed by atoms with Gasteiger partial charge in [0.15, 0.2) is 12.0 Å². The van der Waals surface area contributed by atoms with Crippen molar-refractivity contribution in [3.8, 4) is 0 Å². The van der Waals surface area contributed by atoms with E-state index in [0.29, 0.717) is 55.5 Å². The van der Waals surface area contributed by atoms with Gasteiger partial charge < -0.3 is 30.2 Å². The van der Waals surface area contributed by atoms with E-state index < -0.39 is 0 Å². The van der Waals surface area contributed by atoms with Crippen molar-refractivity contribution in [2.24, 2.45) is 0 Å². The molecule has 0 saturated carbocycles. The SMILES string of the molecule is Nc1ccccc1NC(=O)c1ccc(CN(CCN2CCOCC2)C(=O)NC2=COC=C(C3=CC=CCC3)O2)cc1. The summed E-state index contributed by atoms with van der Waals surface area (Å²) in [6.45, 7) is 4.56. The molecule has 214 valence electrons. The number of nitrogens with one attached hydrogen (secondary N) is 2. The van der Waals surface area contributed by atoms with Gasteiger partial charge in [0.05, 0.1) is 24.6 Å². The Morgan fingerprint density at radius 1 is 1.00 bits per heavy atom. The first-order chi connectivity index (χ1) is 20.0. The van der Waals surface area contributed by atoms with Crippen LogP contribution in [0.1, 0.15) is 28.8 Å². The Morgan fingerprint density at radius 3 is 2.56 bits per heavy atom. The molecule has 41 heavy (non-hydrogen) atoms. The number of nitrogens with two attached hydrogens (primary N) is 1. The van der Waals surface area contributed by atoms with Crippen LogP contribution in [-0.2, 0) is 20.8 Å². The van der Waals surface area contributed by atoms with Gasteiger partial charge in [-0.15, -0.1) is 0 Å². The maximum Gasteiger partial charge on any atom is 0.324 e. The number of urea groups is 1. The average molecular weight is 558 g/mol. The highest BCUT2D eigenvalue weighted by Crippen LogP contribution is 2.25. The van der Waals surface area contributed by atoms with E-state index >= 15 is 0 Å². The number of carbonyl (C=O) groups excluding carboxylic acids is 2. The van der Waals surface area contributed by atoms with Crippen LogP contribution in [0.5, 0.6) is 0 Å². The van der Waals surface area contributed by atoms with Gasteiger partial charge >= 0.3 is 6.03 Å². The zero-order chi connectivity index (χ0) is 28.4. The Kier molecular flexibility index (Phi) is 9.35. The number of carbonyl (C=O) groups is 2. The van der Waals surface area contributed by atoms with Crippen molar-refractivity contribution in [3.05, 3.63) is 108 Å². The number of rotatable bonds is 9. The molecule has 0 radical (unpaired) electrons. The largest absolute Gasteiger partial charge is 0.463 e. The Bertz CT molecular complexity index is 1360. The molecule has 10 heteroatoms. The Morgan fingerprint density at radius 2 is 1.80 bits per heavy atom. The van der Waals surface area contributed by atoms with Crippen molar-refractivity contribution in [1.82, 2.24) is 15.1 Å². The summed E-state index contributed by atoms with van der Waals surface area (Å²) < 4.78 is 16.9. The fourth-order valence-electron chi connectivity index (χ4n) is 4.64. The predicted octanol–water partition coefficient (Wildman–Crippen LogP) is 4.33. The number of nitrogen functional groups attached to an aromatic ring is 1. The van der Waals surface area contributed by atoms with E-state index in [1.807, 2.05) is 36.4 Å². The van der Waals surface area contributed by atoms with Crippen LogP contribution in [0.15, 0.2) is 96.5 Å². The van der Waals surface area contributed by atoms with Gasteiger partial charge in [-0.2, -0.15) is 0 Å². The fourth-order valence-corrected chi connectivity index (χ4v) is 4.64. The highest BCUT2D eigenvalue weighted by molar-refractivity contribution is 6.05. The molecule has 5 rings (SSSR count). The molecule has 0 spiro atoms. The molecular formula is C31H35N5O5. The second kappa shape index (κ2) is 13.7. The molecule has 1 fully saturated rings. The second-order valence-corrected chi connectivity index (χ2v) is 9.91. The first-order valence-electron chi connectivity index (χ1n) is 13.8. The zero-order valence-corrected chi connectivity index (χ0v) is 22.9. The third-order valence-corrected chi connectivity index (χ3v) is 7.01. The average Bonchev–Trinajstić information content (AvgIpc) is 3.01. The van der Waals surface area contributed by atoms with Crippen LogP contribution in [0.4, 0.5) is 16.2 Å². The molecule has 2 aromatic rings. The third kappa shape index (κ3) is 7.77. The van der Waals surface area contributed by atoms with Crippen molar-refractivity contribution < 1.29 is 23.8 Å². The summed E-state index contributed by atoms with van der Waals surface area (Å²) in [7, 11) is 0. The third-order valence-electron chi connectivity index (χ3n) is 7.01. The number of hydrogen-bond donors (Lipinski definition) is 3. The summed E-state index contributed by atoms with van der Waals surface area (Å²) in [6, 6.07) is 14.0. The van der Waals surface area contributed by atoms with Gasteiger partial charge in [0.1, 0.15) is 6.26 Å². The smallest absolute Gasteiger partial charge is 0.324 e. The van der Waals surface area contributed by atoms with Crippen molar-refractivity contribution in [1.29, 1.82) is 0 Å². The molecule has 4 N–H and O–H groups in total. The maximum absolute atomic E-state index is 13.5. The lowest BCUT2D eigenvalue weighted by Gasteiger charge is -2.30. The number of ether oxygens (including phenoxy) is 3. The molecule has 0 atom stereocenters. The highest BCUT2D eigenvalue weighted by Gasteiger charge is 2.22. The van der Waals surface area contributed by atoms with Crippen molar-refractivity contribution >= 4 is 23.3 Å². The normalized spacial score (nSPS) is 16.8. The Labute approximate surface area is 239 Å². The number of morpholine rings is 1. The number of amides is 3. The second-order valence-electron chi connectivity index (χ2n) is 9.91. The number of hydrogen-bond acceptors (Lipinski definition) is 7. The number of allylic oxidation sites excluding steroid dienone is 4. The summed E-state index contributed by atoms with van der Waals surface area (Å²) in [6.07, 6.45) is 10.8. The fraction of sp³-hybridized carbons (Fsp3) is 0.290. The summed E-state index contributed by atoms with van der Waals surface area (Å²) >= 11 is 0.